The number of phosphoric ester groups is 1. The third-order valence-electron chi connectivity index (χ3n) is 8.88. The second-order valence-electron chi connectivity index (χ2n) is 15.3. The fraction of sp³-hybridized carbons (Fsp3) is 0.814. The molecule has 0 aliphatic rings. The summed E-state index contributed by atoms with van der Waals surface area (Å²) >= 11 is 0. The second-order valence-corrected chi connectivity index (χ2v) is 16.8. The molecule has 2 unspecified atom stereocenters. The molecular formula is C43H80NO8P. The smallest absolute Gasteiger partial charge is 0.306 e. The van der Waals surface area contributed by atoms with E-state index >= 15 is 0 Å². The Morgan fingerprint density at radius 2 is 1.04 bits per heavy atom. The van der Waals surface area contributed by atoms with Gasteiger partial charge in [-0.3, -0.25) is 14.2 Å². The number of phosphoric acid groups is 1. The Morgan fingerprint density at radius 3 is 1.57 bits per heavy atom. The number of hydrogen-bond donors (Lipinski definition) is 0. The zero-order chi connectivity index (χ0) is 39.3. The van der Waals surface area contributed by atoms with Crippen molar-refractivity contribution >= 4 is 19.8 Å². The summed E-state index contributed by atoms with van der Waals surface area (Å²) in [7, 11) is 1.15. The number of hydrogen-bond acceptors (Lipinski definition) is 8. The molecule has 2 atom stereocenters. The van der Waals surface area contributed by atoms with Crippen LogP contribution in [0.5, 0.6) is 0 Å². The van der Waals surface area contributed by atoms with Crippen LogP contribution in [0.25, 0.3) is 0 Å². The highest BCUT2D eigenvalue weighted by Crippen LogP contribution is 2.38. The van der Waals surface area contributed by atoms with Crippen LogP contribution in [-0.2, 0) is 32.7 Å². The van der Waals surface area contributed by atoms with E-state index in [0.29, 0.717) is 17.4 Å². The number of rotatable bonds is 38. The first kappa shape index (κ1) is 51.2. The van der Waals surface area contributed by atoms with Gasteiger partial charge >= 0.3 is 11.9 Å². The molecule has 0 N–H and O–H groups in total. The molecule has 0 spiro atoms. The van der Waals surface area contributed by atoms with E-state index in [1.165, 1.54) is 57.8 Å². The Morgan fingerprint density at radius 1 is 0.585 bits per heavy atom. The van der Waals surface area contributed by atoms with Crippen LogP contribution >= 0.6 is 7.82 Å². The predicted octanol–water partition coefficient (Wildman–Crippen LogP) is 11.1. The van der Waals surface area contributed by atoms with Gasteiger partial charge in [-0.05, 0) is 64.2 Å². The minimum absolute atomic E-state index is 0.0353. The number of esters is 2. The van der Waals surface area contributed by atoms with Crippen molar-refractivity contribution < 1.29 is 42.1 Å². The van der Waals surface area contributed by atoms with E-state index in [1.807, 2.05) is 21.1 Å². The van der Waals surface area contributed by atoms with Crippen molar-refractivity contribution in [3.05, 3.63) is 36.5 Å². The molecule has 0 aliphatic carbocycles. The number of carbonyl (C=O) groups is 2. The van der Waals surface area contributed by atoms with Crippen molar-refractivity contribution in [1.29, 1.82) is 0 Å². The normalized spacial score (nSPS) is 14.0. The number of allylic oxidation sites excluding steroid dienone is 6. The van der Waals surface area contributed by atoms with E-state index in [1.54, 1.807) is 0 Å². The van der Waals surface area contributed by atoms with Gasteiger partial charge < -0.3 is 27.9 Å². The van der Waals surface area contributed by atoms with Crippen LogP contribution < -0.4 is 4.89 Å². The summed E-state index contributed by atoms with van der Waals surface area (Å²) in [6, 6.07) is 0. The molecular weight excluding hydrogens is 689 g/mol. The van der Waals surface area contributed by atoms with Crippen molar-refractivity contribution in [2.24, 2.45) is 0 Å². The van der Waals surface area contributed by atoms with E-state index in [9.17, 15) is 19.0 Å². The van der Waals surface area contributed by atoms with E-state index in [0.717, 1.165) is 83.5 Å². The highest BCUT2D eigenvalue weighted by atomic mass is 31.2. The molecule has 0 aromatic carbocycles. The fourth-order valence-corrected chi connectivity index (χ4v) is 6.22. The third kappa shape index (κ3) is 39.7. The van der Waals surface area contributed by atoms with Crippen LogP contribution in [0.3, 0.4) is 0 Å². The predicted molar refractivity (Wildman–Crippen MR) is 217 cm³/mol. The molecule has 0 bridgehead atoms. The third-order valence-corrected chi connectivity index (χ3v) is 9.85. The van der Waals surface area contributed by atoms with Gasteiger partial charge in [0.25, 0.3) is 7.82 Å². The number of unbranched alkanes of at least 4 members (excludes halogenated alkanes) is 18. The molecule has 0 aromatic heterocycles. The Hall–Kier alpha value is -1.77. The van der Waals surface area contributed by atoms with Crippen LogP contribution in [-0.4, -0.2) is 70.0 Å². The molecule has 310 valence electrons. The summed E-state index contributed by atoms with van der Waals surface area (Å²) in [6.07, 6.45) is 38.8. The molecule has 0 saturated carbocycles. The summed E-state index contributed by atoms with van der Waals surface area (Å²) in [5, 5.41) is 0. The highest BCUT2D eigenvalue weighted by Gasteiger charge is 2.21. The Bertz CT molecular complexity index is 1010. The van der Waals surface area contributed by atoms with Gasteiger partial charge in [0.1, 0.15) is 19.8 Å². The zero-order valence-corrected chi connectivity index (χ0v) is 35.6. The lowest BCUT2D eigenvalue weighted by Gasteiger charge is -2.28. The van der Waals surface area contributed by atoms with Gasteiger partial charge in [0.05, 0.1) is 27.7 Å². The molecule has 9 nitrogen and oxygen atoms in total. The van der Waals surface area contributed by atoms with Gasteiger partial charge in [-0.1, -0.05) is 134 Å². The Kier molecular flexibility index (Phi) is 34.7. The number of ether oxygens (including phenoxy) is 2. The van der Waals surface area contributed by atoms with Gasteiger partial charge in [-0.2, -0.15) is 0 Å². The number of quaternary nitrogens is 1. The molecule has 0 amide bonds. The van der Waals surface area contributed by atoms with E-state index in [4.69, 9.17) is 18.5 Å². The molecule has 0 aromatic rings. The summed E-state index contributed by atoms with van der Waals surface area (Å²) in [5.41, 5.74) is 0. The average molecular weight is 770 g/mol. The van der Waals surface area contributed by atoms with Crippen molar-refractivity contribution in [3.63, 3.8) is 0 Å². The van der Waals surface area contributed by atoms with Crippen LogP contribution in [0.1, 0.15) is 174 Å². The van der Waals surface area contributed by atoms with Crippen LogP contribution in [0.4, 0.5) is 0 Å². The maximum absolute atomic E-state index is 12.6. The first-order valence-corrected chi connectivity index (χ1v) is 22.7. The lowest BCUT2D eigenvalue weighted by Crippen LogP contribution is -2.37. The second kappa shape index (κ2) is 35.9. The fourth-order valence-electron chi connectivity index (χ4n) is 5.49. The largest absolute Gasteiger partial charge is 0.756 e. The minimum Gasteiger partial charge on any atom is -0.756 e. The van der Waals surface area contributed by atoms with Gasteiger partial charge in [0.2, 0.25) is 0 Å². The van der Waals surface area contributed by atoms with Crippen molar-refractivity contribution in [2.75, 3.05) is 47.5 Å². The minimum atomic E-state index is -4.63. The number of carbonyl (C=O) groups excluding carboxylic acids is 2. The molecule has 53 heavy (non-hydrogen) atoms. The SMILES string of the molecule is CCCC/C=C\C/C=C\CCCCCCCC(=O)OC(COC(=O)CCCCCCC/C=C\CCCCCCCC)COP(=O)([O-])OCC[N+](C)(C)C. The standard InChI is InChI=1S/C43H80NO8P/c1-6-8-10-12-14-16-18-20-22-24-25-27-29-31-33-35-42(45)49-39-41(40-51-53(47,48)50-38-37-44(3,4)5)52-43(46)36-34-32-30-28-26-23-21-19-17-15-13-11-9-7-2/h13,15,19-22,41H,6-12,14,16-18,23-40H2,1-5H3/b15-13-,21-19-,22-20-. The monoisotopic (exact) mass is 770 g/mol. The molecule has 0 saturated heterocycles. The first-order chi connectivity index (χ1) is 25.5. The molecule has 0 heterocycles. The van der Waals surface area contributed by atoms with Crippen LogP contribution in [0.15, 0.2) is 36.5 Å². The molecule has 0 rings (SSSR count). The van der Waals surface area contributed by atoms with Crippen molar-refractivity contribution in [3.8, 4) is 0 Å². The Labute approximate surface area is 325 Å². The van der Waals surface area contributed by atoms with Gasteiger partial charge in [0.15, 0.2) is 6.10 Å². The first-order valence-electron chi connectivity index (χ1n) is 21.2. The maximum atomic E-state index is 12.6. The highest BCUT2D eigenvalue weighted by molar-refractivity contribution is 7.45. The van der Waals surface area contributed by atoms with Crippen LogP contribution in [0, 0.1) is 0 Å². The summed E-state index contributed by atoms with van der Waals surface area (Å²) in [6.45, 7) is 4.15. The van der Waals surface area contributed by atoms with E-state index in [2.05, 4.69) is 50.3 Å². The summed E-state index contributed by atoms with van der Waals surface area (Å²) < 4.78 is 33.8. The maximum Gasteiger partial charge on any atom is 0.306 e. The molecule has 0 radical (unpaired) electrons. The average Bonchev–Trinajstić information content (AvgIpc) is 3.10. The summed E-state index contributed by atoms with van der Waals surface area (Å²) in [5.74, 6) is -0.861. The molecule has 0 fully saturated rings. The van der Waals surface area contributed by atoms with E-state index < -0.39 is 32.5 Å². The molecule has 0 aliphatic heterocycles. The zero-order valence-electron chi connectivity index (χ0n) is 34.7. The van der Waals surface area contributed by atoms with Gasteiger partial charge in [-0.25, -0.2) is 0 Å². The van der Waals surface area contributed by atoms with E-state index in [-0.39, 0.29) is 26.1 Å². The van der Waals surface area contributed by atoms with Crippen molar-refractivity contribution in [1.82, 2.24) is 0 Å². The quantitative estimate of drug-likeness (QED) is 0.0201. The lowest BCUT2D eigenvalue weighted by molar-refractivity contribution is -0.870. The van der Waals surface area contributed by atoms with Gasteiger partial charge in [-0.15, -0.1) is 0 Å². The Balaban J connectivity index is 4.42. The summed E-state index contributed by atoms with van der Waals surface area (Å²) in [4.78, 5) is 37.4. The number of nitrogens with zero attached hydrogens (tertiary/aromatic N) is 1. The van der Waals surface area contributed by atoms with Gasteiger partial charge in [0, 0.05) is 12.8 Å². The molecule has 10 heteroatoms. The topological polar surface area (TPSA) is 111 Å². The lowest BCUT2D eigenvalue weighted by atomic mass is 10.1. The van der Waals surface area contributed by atoms with Crippen LogP contribution in [0.2, 0.25) is 0 Å². The van der Waals surface area contributed by atoms with Crippen molar-refractivity contribution in [2.45, 2.75) is 180 Å². The number of likely N-dealkylation sites (N-methyl/N-ethyl adjacent to an activating group) is 1.